The summed E-state index contributed by atoms with van der Waals surface area (Å²) in [5.74, 6) is -0.153. The zero-order chi connectivity index (χ0) is 29.4. The van der Waals surface area contributed by atoms with E-state index in [4.69, 9.17) is 16.6 Å². The molecule has 8 nitrogen and oxygen atoms in total. The van der Waals surface area contributed by atoms with Crippen molar-refractivity contribution < 1.29 is 21.6 Å². The standard InChI is InChI=1S/C28H24ClF3N6O2S2/c29-21-14-18(30)6-7-20(21)25-24(22-8-11-38(35-22)28(31)32)23-15-19(16-37(23)26(34-25)27-33-10-12-41-27)36-42(39,40)13-9-17-4-2-1-3-5-17/h1-8,10-12,14,19,25,28,36H,9,13,15-16H2/t19-,25-/m0/s1. The van der Waals surface area contributed by atoms with Gasteiger partial charge in [-0.3, -0.25) is 4.99 Å². The van der Waals surface area contributed by atoms with Crippen molar-refractivity contribution in [1.82, 2.24) is 24.4 Å². The van der Waals surface area contributed by atoms with Crippen LogP contribution in [-0.2, 0) is 16.4 Å². The van der Waals surface area contributed by atoms with Gasteiger partial charge in [0.05, 0.1) is 11.4 Å². The van der Waals surface area contributed by atoms with Gasteiger partial charge < -0.3 is 4.90 Å². The predicted octanol–water partition coefficient (Wildman–Crippen LogP) is 5.68. The highest BCUT2D eigenvalue weighted by molar-refractivity contribution is 7.89. The number of sulfonamides is 1. The quantitative estimate of drug-likeness (QED) is 0.257. The lowest BCUT2D eigenvalue weighted by Crippen LogP contribution is -2.40. The lowest BCUT2D eigenvalue weighted by Gasteiger charge is -2.32. The van der Waals surface area contributed by atoms with Crippen LogP contribution in [0.4, 0.5) is 13.2 Å². The number of aryl methyl sites for hydroxylation is 1. The Labute approximate surface area is 249 Å². The van der Waals surface area contributed by atoms with E-state index >= 15 is 0 Å². The highest BCUT2D eigenvalue weighted by Crippen LogP contribution is 2.46. The van der Waals surface area contributed by atoms with Crippen LogP contribution in [0.1, 0.15) is 40.8 Å². The van der Waals surface area contributed by atoms with E-state index in [1.165, 1.54) is 41.8 Å². The van der Waals surface area contributed by atoms with Crippen LogP contribution in [0.3, 0.4) is 0 Å². The minimum Gasteiger partial charge on any atom is -0.326 e. The highest BCUT2D eigenvalue weighted by atomic mass is 35.5. The van der Waals surface area contributed by atoms with Crippen molar-refractivity contribution in [2.24, 2.45) is 4.99 Å². The molecule has 0 unspecified atom stereocenters. The third-order valence-corrected chi connectivity index (χ3v) is 9.60. The number of hydrogen-bond acceptors (Lipinski definition) is 7. The average molecular weight is 633 g/mol. The number of aromatic nitrogens is 3. The number of benzene rings is 2. The molecule has 0 aliphatic carbocycles. The predicted molar refractivity (Wildman–Crippen MR) is 155 cm³/mol. The van der Waals surface area contributed by atoms with E-state index in [0.29, 0.717) is 38.8 Å². The molecule has 1 fully saturated rings. The van der Waals surface area contributed by atoms with E-state index in [0.717, 1.165) is 5.56 Å². The molecule has 0 amide bonds. The molecule has 2 aromatic carbocycles. The number of halogens is 4. The maximum atomic E-state index is 14.0. The van der Waals surface area contributed by atoms with Gasteiger partial charge in [-0.05, 0) is 30.2 Å². The van der Waals surface area contributed by atoms with Gasteiger partial charge in [-0.25, -0.2) is 27.2 Å². The first-order chi connectivity index (χ1) is 20.2. The van der Waals surface area contributed by atoms with E-state index in [9.17, 15) is 21.6 Å². The molecule has 2 aliphatic rings. The molecule has 1 N–H and O–H groups in total. The molecule has 4 heterocycles. The van der Waals surface area contributed by atoms with Crippen molar-refractivity contribution in [3.8, 4) is 0 Å². The van der Waals surface area contributed by atoms with Gasteiger partial charge in [0.15, 0.2) is 10.8 Å². The van der Waals surface area contributed by atoms with Crippen molar-refractivity contribution in [3.05, 3.63) is 111 Å². The summed E-state index contributed by atoms with van der Waals surface area (Å²) >= 11 is 7.84. The first kappa shape index (κ1) is 28.6. The van der Waals surface area contributed by atoms with Gasteiger partial charge in [0, 0.05) is 58.6 Å². The Morgan fingerprint density at radius 2 is 1.95 bits per heavy atom. The smallest absolute Gasteiger partial charge is 0.326 e. The molecule has 0 saturated carbocycles. The average Bonchev–Trinajstić information content (AvgIpc) is 3.73. The summed E-state index contributed by atoms with van der Waals surface area (Å²) in [6.07, 6.45) is 3.38. The Bertz CT molecular complexity index is 1760. The van der Waals surface area contributed by atoms with Gasteiger partial charge >= 0.3 is 6.55 Å². The molecule has 2 aliphatic heterocycles. The maximum Gasteiger partial charge on any atom is 0.333 e. The zero-order valence-electron chi connectivity index (χ0n) is 21.9. The number of alkyl halides is 2. The number of rotatable bonds is 9. The fraction of sp³-hybridized carbons (Fsp3) is 0.250. The maximum absolute atomic E-state index is 14.0. The molecule has 1 saturated heterocycles. The third-order valence-electron chi connectivity index (χ3n) is 7.07. The number of nitrogens with one attached hydrogen (secondary N) is 1. The van der Waals surface area contributed by atoms with Crippen molar-refractivity contribution in [2.45, 2.75) is 31.5 Å². The molecule has 6 rings (SSSR count). The highest BCUT2D eigenvalue weighted by Gasteiger charge is 2.42. The first-order valence-electron chi connectivity index (χ1n) is 13.0. The van der Waals surface area contributed by atoms with Crippen LogP contribution in [0.2, 0.25) is 5.02 Å². The Morgan fingerprint density at radius 1 is 1.14 bits per heavy atom. The van der Waals surface area contributed by atoms with Crippen LogP contribution >= 0.6 is 22.9 Å². The van der Waals surface area contributed by atoms with Crippen molar-refractivity contribution in [2.75, 3.05) is 12.3 Å². The first-order valence-corrected chi connectivity index (χ1v) is 15.9. The largest absolute Gasteiger partial charge is 0.333 e. The molecule has 218 valence electrons. The molecule has 4 aromatic rings. The molecular weight excluding hydrogens is 609 g/mol. The Balaban J connectivity index is 1.41. The van der Waals surface area contributed by atoms with Gasteiger partial charge in [0.25, 0.3) is 0 Å². The minimum absolute atomic E-state index is 0.0978. The molecule has 14 heteroatoms. The summed E-state index contributed by atoms with van der Waals surface area (Å²) < 4.78 is 70.7. The summed E-state index contributed by atoms with van der Waals surface area (Å²) in [7, 11) is -3.68. The second-order valence-corrected chi connectivity index (χ2v) is 13.0. The van der Waals surface area contributed by atoms with E-state index in [2.05, 4.69) is 14.8 Å². The summed E-state index contributed by atoms with van der Waals surface area (Å²) in [5, 5.41) is 6.60. The second kappa shape index (κ2) is 11.6. The van der Waals surface area contributed by atoms with Crippen LogP contribution in [0.5, 0.6) is 0 Å². The Kier molecular flexibility index (Phi) is 7.92. The lowest BCUT2D eigenvalue weighted by atomic mass is 9.92. The number of fused-ring (bicyclic) bond motifs is 1. The van der Waals surface area contributed by atoms with Crippen LogP contribution < -0.4 is 4.72 Å². The van der Waals surface area contributed by atoms with E-state index in [-0.39, 0.29) is 29.4 Å². The molecule has 2 aromatic heterocycles. The van der Waals surface area contributed by atoms with Crippen LogP contribution in [0.15, 0.2) is 83.1 Å². The number of hydrogen-bond donors (Lipinski definition) is 1. The van der Waals surface area contributed by atoms with Gasteiger partial charge in [-0.1, -0.05) is 48.0 Å². The monoisotopic (exact) mass is 632 g/mol. The van der Waals surface area contributed by atoms with E-state index in [1.807, 2.05) is 35.2 Å². The summed E-state index contributed by atoms with van der Waals surface area (Å²) in [4.78, 5) is 11.2. The SMILES string of the molecule is O=S(=O)(CCc1ccccc1)N[C@H]1CC2=C(c3ccn(C(F)F)n3)[C@H](c3ccc(F)cc3Cl)N=C(c3nccs3)N2C1. The number of aliphatic imine (C=N–C) groups is 1. The lowest BCUT2D eigenvalue weighted by molar-refractivity contribution is 0.0564. The zero-order valence-corrected chi connectivity index (χ0v) is 24.3. The Hall–Kier alpha value is -3.52. The van der Waals surface area contributed by atoms with E-state index < -0.39 is 34.5 Å². The van der Waals surface area contributed by atoms with E-state index in [1.54, 1.807) is 11.6 Å². The van der Waals surface area contributed by atoms with Crippen molar-refractivity contribution in [1.29, 1.82) is 0 Å². The van der Waals surface area contributed by atoms with Gasteiger partial charge in [-0.2, -0.15) is 13.9 Å². The fourth-order valence-corrected chi connectivity index (χ4v) is 7.44. The van der Waals surface area contributed by atoms with Crippen LogP contribution in [0, 0.1) is 5.82 Å². The van der Waals surface area contributed by atoms with Crippen molar-refractivity contribution >= 4 is 44.4 Å². The second-order valence-electron chi connectivity index (χ2n) is 9.86. The third kappa shape index (κ3) is 5.87. The Morgan fingerprint density at radius 3 is 2.64 bits per heavy atom. The normalized spacial score (nSPS) is 19.0. The minimum atomic E-state index is -3.68. The molecular formula is C28H24ClF3N6O2S2. The number of nitrogens with zero attached hydrogens (tertiary/aromatic N) is 5. The van der Waals surface area contributed by atoms with Gasteiger partial charge in [0.2, 0.25) is 10.0 Å². The summed E-state index contributed by atoms with van der Waals surface area (Å²) in [6.45, 7) is -2.62. The topological polar surface area (TPSA) is 92.5 Å². The number of thiazole rings is 1. The summed E-state index contributed by atoms with van der Waals surface area (Å²) in [5.41, 5.74) is 2.72. The van der Waals surface area contributed by atoms with Gasteiger partial charge in [-0.15, -0.1) is 11.3 Å². The van der Waals surface area contributed by atoms with Crippen LogP contribution in [0.25, 0.3) is 5.57 Å². The van der Waals surface area contributed by atoms with Crippen LogP contribution in [-0.4, -0.2) is 52.3 Å². The number of amidine groups is 1. The van der Waals surface area contributed by atoms with Gasteiger partial charge in [0.1, 0.15) is 11.9 Å². The fourth-order valence-electron chi connectivity index (χ4n) is 5.24. The molecule has 0 bridgehead atoms. The summed E-state index contributed by atoms with van der Waals surface area (Å²) in [6, 6.07) is 13.3. The molecule has 2 atom stereocenters. The molecule has 0 radical (unpaired) electrons. The molecule has 42 heavy (non-hydrogen) atoms. The van der Waals surface area contributed by atoms with Crippen molar-refractivity contribution in [3.63, 3.8) is 0 Å². The molecule has 0 spiro atoms.